The fraction of sp³-hybridized carbons (Fsp3) is 0.360. The van der Waals surface area contributed by atoms with Crippen molar-refractivity contribution in [2.45, 2.75) is 32.4 Å². The van der Waals surface area contributed by atoms with Gasteiger partial charge in [0.05, 0.1) is 18.7 Å². The second-order valence-electron chi connectivity index (χ2n) is 9.48. The number of likely N-dealkylation sites (tertiary alicyclic amines) is 1. The monoisotopic (exact) mass is 508 g/mol. The number of esters is 1. The highest BCUT2D eigenvalue weighted by Crippen LogP contribution is 2.26. The molecule has 1 atom stereocenters. The third kappa shape index (κ3) is 5.05. The minimum Gasteiger partial charge on any atom is -0.426 e. The normalized spacial score (nSPS) is 16.1. The van der Waals surface area contributed by atoms with Gasteiger partial charge in [-0.15, -0.1) is 0 Å². The predicted octanol–water partition coefficient (Wildman–Crippen LogP) is 0.899. The minimum absolute atomic E-state index is 0.109. The minimum atomic E-state index is -0.801. The summed E-state index contributed by atoms with van der Waals surface area (Å²) >= 11 is 0. The number of nitrogens with zero attached hydrogens (tertiary/aromatic N) is 4. The summed E-state index contributed by atoms with van der Waals surface area (Å²) in [5.41, 5.74) is 0.848. The van der Waals surface area contributed by atoms with Crippen molar-refractivity contribution in [3.63, 3.8) is 0 Å². The number of halogens is 1. The summed E-state index contributed by atoms with van der Waals surface area (Å²) in [4.78, 5) is 56.1. The molecule has 12 heteroatoms. The standard InChI is InChI=1S/C25H25FN6O5/c1-13(20(33)6-15-11-31(2)12-15)29-25(36)19-8-18(30-23-17(26)10-28-32(19)23)24(35)27-9-14-3-4-21-16(5-14)7-22(34)37-21/h3-5,8,10,13,15H,6-7,9,11-12H2,1-2H3,(H,27,35)(H,29,36)/t13-/m0/s1. The number of benzene rings is 1. The lowest BCUT2D eigenvalue weighted by molar-refractivity contribution is -0.131. The Morgan fingerprint density at radius 2 is 2.00 bits per heavy atom. The molecule has 2 aromatic heterocycles. The highest BCUT2D eigenvalue weighted by atomic mass is 19.1. The fourth-order valence-electron chi connectivity index (χ4n) is 4.55. The topological polar surface area (TPSA) is 135 Å². The van der Waals surface area contributed by atoms with Gasteiger partial charge in [0.25, 0.3) is 11.8 Å². The largest absolute Gasteiger partial charge is 0.426 e. The Labute approximate surface area is 211 Å². The van der Waals surface area contributed by atoms with Gasteiger partial charge in [0, 0.05) is 37.7 Å². The van der Waals surface area contributed by atoms with Gasteiger partial charge < -0.3 is 20.3 Å². The molecule has 1 saturated heterocycles. The second kappa shape index (κ2) is 9.69. The second-order valence-corrected chi connectivity index (χ2v) is 9.48. The first-order valence-corrected chi connectivity index (χ1v) is 11.8. The Morgan fingerprint density at radius 3 is 2.76 bits per heavy atom. The van der Waals surface area contributed by atoms with E-state index in [1.165, 1.54) is 6.07 Å². The third-order valence-electron chi connectivity index (χ3n) is 6.49. The highest BCUT2D eigenvalue weighted by molar-refractivity contribution is 6.00. The molecule has 11 nitrogen and oxygen atoms in total. The molecular weight excluding hydrogens is 483 g/mol. The van der Waals surface area contributed by atoms with Gasteiger partial charge in [0.1, 0.15) is 17.1 Å². The van der Waals surface area contributed by atoms with Crippen molar-refractivity contribution < 1.29 is 28.3 Å². The number of aromatic nitrogens is 3. The number of hydrogen-bond donors (Lipinski definition) is 2. The molecule has 0 unspecified atom stereocenters. The maximum Gasteiger partial charge on any atom is 0.315 e. The number of ether oxygens (including phenoxy) is 1. The lowest BCUT2D eigenvalue weighted by Gasteiger charge is -2.36. The van der Waals surface area contributed by atoms with Crippen LogP contribution in [0.15, 0.2) is 30.5 Å². The molecule has 1 aromatic carbocycles. The van der Waals surface area contributed by atoms with E-state index in [4.69, 9.17) is 4.74 Å². The Hall–Kier alpha value is -4.19. The number of carbonyl (C=O) groups excluding carboxylic acids is 4. The van der Waals surface area contributed by atoms with Crippen LogP contribution >= 0.6 is 0 Å². The summed E-state index contributed by atoms with van der Waals surface area (Å²) in [7, 11) is 1.97. The van der Waals surface area contributed by atoms with Crippen LogP contribution in [0, 0.1) is 11.7 Å². The fourth-order valence-corrected chi connectivity index (χ4v) is 4.55. The molecule has 1 fully saturated rings. The van der Waals surface area contributed by atoms with Gasteiger partial charge in [-0.3, -0.25) is 19.2 Å². The highest BCUT2D eigenvalue weighted by Gasteiger charge is 2.29. The van der Waals surface area contributed by atoms with Crippen molar-refractivity contribution >= 4 is 29.2 Å². The van der Waals surface area contributed by atoms with E-state index in [9.17, 15) is 23.6 Å². The SMILES string of the molecule is C[C@H](NC(=O)c1cc(C(=O)NCc2ccc3c(c2)CC(=O)O3)nc2c(F)cnn12)C(=O)CC1CN(C)C1. The van der Waals surface area contributed by atoms with Crippen LogP contribution in [-0.4, -0.2) is 69.2 Å². The quantitative estimate of drug-likeness (QED) is 0.339. The van der Waals surface area contributed by atoms with Crippen LogP contribution < -0.4 is 15.4 Å². The first kappa shape index (κ1) is 24.5. The summed E-state index contributed by atoms with van der Waals surface area (Å²) in [6.07, 6.45) is 1.41. The van der Waals surface area contributed by atoms with Crippen LogP contribution in [-0.2, 0) is 22.6 Å². The molecule has 2 amide bonds. The van der Waals surface area contributed by atoms with Crippen LogP contribution in [0.3, 0.4) is 0 Å². The molecule has 192 valence electrons. The molecule has 4 heterocycles. The Morgan fingerprint density at radius 1 is 1.22 bits per heavy atom. The molecule has 0 bridgehead atoms. The summed E-state index contributed by atoms with van der Waals surface area (Å²) in [6.45, 7) is 3.37. The van der Waals surface area contributed by atoms with Gasteiger partial charge in [0.15, 0.2) is 17.2 Å². The molecule has 0 aliphatic carbocycles. The molecule has 0 radical (unpaired) electrons. The van der Waals surface area contributed by atoms with E-state index in [2.05, 4.69) is 25.6 Å². The van der Waals surface area contributed by atoms with Crippen molar-refractivity contribution in [2.24, 2.45) is 5.92 Å². The van der Waals surface area contributed by atoms with Crippen LogP contribution in [0.5, 0.6) is 5.75 Å². The van der Waals surface area contributed by atoms with Crippen molar-refractivity contribution in [2.75, 3.05) is 20.1 Å². The number of Topliss-reactive ketones (excluding diaryl/α,β-unsaturated/α-hetero) is 1. The summed E-state index contributed by atoms with van der Waals surface area (Å²) in [5, 5.41) is 9.18. The zero-order valence-corrected chi connectivity index (χ0v) is 20.3. The molecule has 3 aromatic rings. The van der Waals surface area contributed by atoms with E-state index in [-0.39, 0.29) is 47.7 Å². The van der Waals surface area contributed by atoms with Gasteiger partial charge in [-0.25, -0.2) is 13.9 Å². The lowest BCUT2D eigenvalue weighted by Crippen LogP contribution is -2.47. The van der Waals surface area contributed by atoms with Gasteiger partial charge in [0.2, 0.25) is 0 Å². The zero-order chi connectivity index (χ0) is 26.3. The number of ketones is 1. The molecule has 5 rings (SSSR count). The van der Waals surface area contributed by atoms with E-state index in [1.54, 1.807) is 25.1 Å². The molecule has 37 heavy (non-hydrogen) atoms. The van der Waals surface area contributed by atoms with E-state index in [0.717, 1.165) is 34.9 Å². The Kier molecular flexibility index (Phi) is 6.42. The summed E-state index contributed by atoms with van der Waals surface area (Å²) in [6, 6.07) is 5.56. The first-order chi connectivity index (χ1) is 17.7. The number of hydrogen-bond acceptors (Lipinski definition) is 8. The number of carbonyl (C=O) groups is 4. The Bertz CT molecular complexity index is 1430. The molecule has 2 aliphatic heterocycles. The number of fused-ring (bicyclic) bond motifs is 2. The third-order valence-corrected chi connectivity index (χ3v) is 6.49. The van der Waals surface area contributed by atoms with E-state index >= 15 is 0 Å². The van der Waals surface area contributed by atoms with Crippen molar-refractivity contribution in [1.82, 2.24) is 30.1 Å². The number of rotatable bonds is 8. The summed E-state index contributed by atoms with van der Waals surface area (Å²) < 4.78 is 20.4. The maximum absolute atomic E-state index is 14.3. The Balaban J connectivity index is 1.30. The van der Waals surface area contributed by atoms with Gasteiger partial charge in [-0.05, 0) is 37.6 Å². The van der Waals surface area contributed by atoms with Crippen molar-refractivity contribution in [1.29, 1.82) is 0 Å². The smallest absolute Gasteiger partial charge is 0.315 e. The van der Waals surface area contributed by atoms with Crippen molar-refractivity contribution in [3.8, 4) is 5.75 Å². The number of nitrogens with one attached hydrogen (secondary N) is 2. The van der Waals surface area contributed by atoms with E-state index < -0.39 is 23.7 Å². The average molecular weight is 509 g/mol. The maximum atomic E-state index is 14.3. The molecule has 0 spiro atoms. The van der Waals surface area contributed by atoms with E-state index in [1.807, 2.05) is 7.05 Å². The summed E-state index contributed by atoms with van der Waals surface area (Å²) in [5.74, 6) is -1.81. The van der Waals surface area contributed by atoms with Gasteiger partial charge in [-0.2, -0.15) is 5.10 Å². The average Bonchev–Trinajstić information content (AvgIpc) is 3.41. The van der Waals surface area contributed by atoms with Crippen LogP contribution in [0.2, 0.25) is 0 Å². The van der Waals surface area contributed by atoms with E-state index in [0.29, 0.717) is 12.2 Å². The van der Waals surface area contributed by atoms with Crippen molar-refractivity contribution in [3.05, 3.63) is 58.8 Å². The van der Waals surface area contributed by atoms with Crippen LogP contribution in [0.1, 0.15) is 45.4 Å². The predicted molar refractivity (Wildman–Crippen MR) is 127 cm³/mol. The van der Waals surface area contributed by atoms with Crippen LogP contribution in [0.25, 0.3) is 5.65 Å². The number of amides is 2. The first-order valence-electron chi connectivity index (χ1n) is 11.8. The van der Waals surface area contributed by atoms with Gasteiger partial charge >= 0.3 is 5.97 Å². The molecule has 0 saturated carbocycles. The lowest BCUT2D eigenvalue weighted by atomic mass is 9.93. The molecular formula is C25H25FN6O5. The molecule has 2 N–H and O–H groups in total. The van der Waals surface area contributed by atoms with Crippen LogP contribution in [0.4, 0.5) is 4.39 Å². The zero-order valence-electron chi connectivity index (χ0n) is 20.3. The molecule has 2 aliphatic rings. The van der Waals surface area contributed by atoms with Gasteiger partial charge in [-0.1, -0.05) is 6.07 Å².